The van der Waals surface area contributed by atoms with E-state index in [-0.39, 0.29) is 33.2 Å². The number of aromatic hydroxyl groups is 2. The van der Waals surface area contributed by atoms with E-state index in [0.29, 0.717) is 35.5 Å². The fourth-order valence-electron chi connectivity index (χ4n) is 5.09. The fourth-order valence-corrected chi connectivity index (χ4v) is 5.09. The van der Waals surface area contributed by atoms with E-state index in [1.165, 1.54) is 0 Å². The van der Waals surface area contributed by atoms with Gasteiger partial charge in [-0.05, 0) is 58.8 Å². The lowest BCUT2D eigenvalue weighted by molar-refractivity contribution is 0.0966. The Morgan fingerprint density at radius 3 is 0.900 bits per heavy atom. The molecule has 0 saturated heterocycles. The van der Waals surface area contributed by atoms with E-state index >= 15 is 0 Å². The molecule has 0 radical (unpaired) electrons. The first kappa shape index (κ1) is 33.6. The molecular formula is C36H54O4. The van der Waals surface area contributed by atoms with Crippen LogP contribution < -0.4 is 0 Å². The minimum Gasteiger partial charge on any atom is -0.507 e. The van der Waals surface area contributed by atoms with Gasteiger partial charge in [0.25, 0.3) is 0 Å². The van der Waals surface area contributed by atoms with Gasteiger partial charge in [-0.25, -0.2) is 0 Å². The van der Waals surface area contributed by atoms with Crippen LogP contribution in [0.4, 0.5) is 0 Å². The number of Topliss-reactive ketones (excluding diaryl/α,β-unsaturated/α-hetero) is 2. The lowest BCUT2D eigenvalue weighted by Crippen LogP contribution is -2.19. The largest absolute Gasteiger partial charge is 0.507 e. The molecule has 0 fully saturated rings. The highest BCUT2D eigenvalue weighted by Crippen LogP contribution is 2.41. The summed E-state index contributed by atoms with van der Waals surface area (Å²) in [5.74, 6) is 0.777. The van der Waals surface area contributed by atoms with Gasteiger partial charge in [-0.3, -0.25) is 9.59 Å². The van der Waals surface area contributed by atoms with Gasteiger partial charge in [0.05, 0.1) is 0 Å². The third kappa shape index (κ3) is 8.44. The van der Waals surface area contributed by atoms with Crippen molar-refractivity contribution in [1.82, 2.24) is 0 Å². The molecule has 0 bridgehead atoms. The van der Waals surface area contributed by atoms with Crippen LogP contribution in [0, 0.1) is 0 Å². The Morgan fingerprint density at radius 2 is 0.700 bits per heavy atom. The average molecular weight is 551 g/mol. The summed E-state index contributed by atoms with van der Waals surface area (Å²) in [5, 5.41) is 21.9. The summed E-state index contributed by atoms with van der Waals surface area (Å²) in [7, 11) is 0. The first-order chi connectivity index (χ1) is 18.0. The highest BCUT2D eigenvalue weighted by atomic mass is 16.3. The summed E-state index contributed by atoms with van der Waals surface area (Å²) in [6, 6.07) is 7.45. The molecule has 0 aromatic heterocycles. The Morgan fingerprint density at radius 1 is 0.475 bits per heavy atom. The van der Waals surface area contributed by atoms with Gasteiger partial charge < -0.3 is 10.2 Å². The molecule has 0 spiro atoms. The second kappa shape index (κ2) is 12.1. The van der Waals surface area contributed by atoms with E-state index < -0.39 is 0 Å². The van der Waals surface area contributed by atoms with Crippen molar-refractivity contribution >= 4 is 11.6 Å². The lowest BCUT2D eigenvalue weighted by Gasteiger charge is -2.28. The molecule has 0 atom stereocenters. The van der Waals surface area contributed by atoms with Gasteiger partial charge in [-0.15, -0.1) is 0 Å². The number of carbonyl (C=O) groups is 2. The minimum absolute atomic E-state index is 0.0978. The Hall–Kier alpha value is -2.62. The zero-order valence-electron chi connectivity index (χ0n) is 27.3. The molecule has 0 aliphatic rings. The molecule has 0 unspecified atom stereocenters. The van der Waals surface area contributed by atoms with Crippen LogP contribution >= 0.6 is 0 Å². The van der Waals surface area contributed by atoms with Gasteiger partial charge in [0.2, 0.25) is 0 Å². The zero-order valence-corrected chi connectivity index (χ0v) is 27.3. The summed E-state index contributed by atoms with van der Waals surface area (Å²) in [5.41, 5.74) is 3.47. The van der Waals surface area contributed by atoms with E-state index in [9.17, 15) is 19.8 Å². The normalized spacial score (nSPS) is 13.0. The van der Waals surface area contributed by atoms with Crippen LogP contribution in [0.25, 0.3) is 0 Å². The summed E-state index contributed by atoms with van der Waals surface area (Å²) in [6.45, 7) is 24.6. The van der Waals surface area contributed by atoms with Crippen molar-refractivity contribution in [3.8, 4) is 11.5 Å². The van der Waals surface area contributed by atoms with Gasteiger partial charge in [0.1, 0.15) is 11.5 Å². The Bertz CT molecular complexity index is 1050. The Balaban J connectivity index is 2.03. The molecule has 2 aromatic rings. The van der Waals surface area contributed by atoms with Crippen LogP contribution in [0.2, 0.25) is 0 Å². The number of carbonyl (C=O) groups excluding carboxylic acids is 2. The van der Waals surface area contributed by atoms with Crippen molar-refractivity contribution in [3.05, 3.63) is 57.6 Å². The van der Waals surface area contributed by atoms with Gasteiger partial charge in [-0.2, -0.15) is 0 Å². The zero-order chi connectivity index (χ0) is 30.8. The van der Waals surface area contributed by atoms with E-state index in [4.69, 9.17) is 0 Å². The minimum atomic E-state index is -0.272. The molecule has 2 rings (SSSR count). The summed E-state index contributed by atoms with van der Waals surface area (Å²) in [6.07, 6.45) is 4.20. The standard InChI is InChI=1S/C36H54O4/c1-33(2,3)25-19-23(20-26(31(25)39)34(4,5)6)29(37)17-15-13-14-16-18-30(38)24-21-27(35(7,8)9)32(40)28(22-24)36(10,11)12/h19-22,39-40H,13-18H2,1-12H3. The number of ketones is 2. The molecule has 4 heteroatoms. The molecule has 0 amide bonds. The molecule has 0 aliphatic carbocycles. The number of unbranched alkanes of at least 4 members (excludes halogenated alkanes) is 3. The highest BCUT2D eigenvalue weighted by Gasteiger charge is 2.29. The van der Waals surface area contributed by atoms with Crippen molar-refractivity contribution in [2.45, 2.75) is 143 Å². The third-order valence-electron chi connectivity index (χ3n) is 7.65. The second-order valence-corrected chi connectivity index (χ2v) is 15.6. The lowest BCUT2D eigenvalue weighted by atomic mass is 9.78. The van der Waals surface area contributed by atoms with Crippen LogP contribution in [0.15, 0.2) is 24.3 Å². The molecule has 0 aliphatic heterocycles. The molecule has 222 valence electrons. The number of phenolic OH excluding ortho intramolecular Hbond substituents is 2. The maximum atomic E-state index is 13.1. The summed E-state index contributed by atoms with van der Waals surface area (Å²) in [4.78, 5) is 26.3. The molecule has 0 saturated carbocycles. The van der Waals surface area contributed by atoms with Crippen molar-refractivity contribution in [1.29, 1.82) is 0 Å². The maximum absolute atomic E-state index is 13.1. The van der Waals surface area contributed by atoms with Crippen LogP contribution in [-0.2, 0) is 21.7 Å². The predicted molar refractivity (Wildman–Crippen MR) is 167 cm³/mol. The molecule has 0 heterocycles. The monoisotopic (exact) mass is 550 g/mol. The van der Waals surface area contributed by atoms with Gasteiger partial charge in [0.15, 0.2) is 11.6 Å². The topological polar surface area (TPSA) is 74.6 Å². The van der Waals surface area contributed by atoms with E-state index in [2.05, 4.69) is 83.1 Å². The third-order valence-corrected chi connectivity index (χ3v) is 7.65. The van der Waals surface area contributed by atoms with Crippen molar-refractivity contribution in [2.75, 3.05) is 0 Å². The molecular weight excluding hydrogens is 496 g/mol. The van der Waals surface area contributed by atoms with Gasteiger partial charge in [-0.1, -0.05) is 95.9 Å². The molecule has 40 heavy (non-hydrogen) atoms. The van der Waals surface area contributed by atoms with Crippen LogP contribution in [0.1, 0.15) is 165 Å². The Kier molecular flexibility index (Phi) is 10.1. The smallest absolute Gasteiger partial charge is 0.162 e. The van der Waals surface area contributed by atoms with Crippen LogP contribution in [-0.4, -0.2) is 21.8 Å². The fraction of sp³-hybridized carbons (Fsp3) is 0.611. The Labute approximate surface area is 243 Å². The first-order valence-corrected chi connectivity index (χ1v) is 14.9. The number of benzene rings is 2. The van der Waals surface area contributed by atoms with Crippen molar-refractivity contribution < 1.29 is 19.8 Å². The van der Waals surface area contributed by atoms with Crippen LogP contribution in [0.3, 0.4) is 0 Å². The van der Waals surface area contributed by atoms with Crippen molar-refractivity contribution in [3.63, 3.8) is 0 Å². The summed E-state index contributed by atoms with van der Waals surface area (Å²) >= 11 is 0. The molecule has 4 nitrogen and oxygen atoms in total. The summed E-state index contributed by atoms with van der Waals surface area (Å²) < 4.78 is 0. The second-order valence-electron chi connectivity index (χ2n) is 15.6. The van der Waals surface area contributed by atoms with Crippen molar-refractivity contribution in [2.24, 2.45) is 0 Å². The predicted octanol–water partition coefficient (Wildman–Crippen LogP) is 9.69. The first-order valence-electron chi connectivity index (χ1n) is 14.9. The van der Waals surface area contributed by atoms with Gasteiger partial charge in [0, 0.05) is 46.2 Å². The molecule has 2 aromatic carbocycles. The quantitative estimate of drug-likeness (QED) is 0.241. The van der Waals surface area contributed by atoms with E-state index in [1.807, 2.05) is 24.3 Å². The maximum Gasteiger partial charge on any atom is 0.162 e. The van der Waals surface area contributed by atoms with E-state index in [0.717, 1.165) is 47.9 Å². The average Bonchev–Trinajstić information content (AvgIpc) is 2.78. The SMILES string of the molecule is CC(C)(C)c1cc(C(=O)CCCCCCC(=O)c2cc(C(C)(C)C)c(O)c(C(C)(C)C)c2)cc(C(C)(C)C)c1O. The van der Waals surface area contributed by atoms with Crippen LogP contribution in [0.5, 0.6) is 11.5 Å². The number of rotatable bonds is 9. The van der Waals surface area contributed by atoms with E-state index in [1.54, 1.807) is 0 Å². The number of phenols is 2. The number of hydrogen-bond acceptors (Lipinski definition) is 4. The van der Waals surface area contributed by atoms with Gasteiger partial charge >= 0.3 is 0 Å². The highest BCUT2D eigenvalue weighted by molar-refractivity contribution is 5.97. The molecule has 2 N–H and O–H groups in total. The number of hydrogen-bond donors (Lipinski definition) is 2.